The summed E-state index contributed by atoms with van der Waals surface area (Å²) < 4.78 is 2.24. The molecule has 213 valence electrons. The quantitative estimate of drug-likeness (QED) is 0.180. The second-order valence-electron chi connectivity index (χ2n) is 10.7. The summed E-state index contributed by atoms with van der Waals surface area (Å²) in [6, 6.07) is 44.4. The van der Waals surface area contributed by atoms with Gasteiger partial charge in [0, 0.05) is 43.4 Å². The van der Waals surface area contributed by atoms with Crippen molar-refractivity contribution in [2.75, 3.05) is 0 Å². The molecular weight excluding hydrogens is 723 g/mol. The van der Waals surface area contributed by atoms with Gasteiger partial charge >= 0.3 is 5.97 Å². The molecule has 0 amide bonds. The van der Waals surface area contributed by atoms with E-state index in [1.165, 1.54) is 55.5 Å². The van der Waals surface area contributed by atoms with E-state index in [0.29, 0.717) is 5.52 Å². The van der Waals surface area contributed by atoms with Gasteiger partial charge in [-0.2, -0.15) is 0 Å². The molecule has 0 spiro atoms. The fraction of sp³-hybridized carbons (Fsp3) is 0.0263. The van der Waals surface area contributed by atoms with Crippen LogP contribution in [-0.4, -0.2) is 25.6 Å². The predicted molar refractivity (Wildman–Crippen MR) is 173 cm³/mol. The topological polar surface area (TPSA) is 68.0 Å². The third kappa shape index (κ3) is 4.39. The van der Waals surface area contributed by atoms with E-state index in [4.69, 9.17) is 10.1 Å². The van der Waals surface area contributed by atoms with Crippen LogP contribution in [0.4, 0.5) is 0 Å². The number of para-hydroxylation sites is 2. The number of hydrogen-bond donors (Lipinski definition) is 1. The number of pyridine rings is 2. The summed E-state index contributed by atoms with van der Waals surface area (Å²) in [4.78, 5) is 19.6. The molecule has 5 nitrogen and oxygen atoms in total. The Labute approximate surface area is 266 Å². The Bertz CT molecular complexity index is 2410. The molecule has 0 aliphatic heterocycles. The standard InChI is InChI=1S/C28H17N2.C10H7NO2.Ir/c1-30-26-12-5-4-9-20(26)22-15-17(13-14-27(22)30)25-16-23-19-8-3-2-7-18(19)21-10-6-11-24(29-25)28(21)23;12-10(13)9-6-5-7-3-1-2-4-8(7)11-9;/h2-12,14-16H,1H3;1-6H,(H,12,13);/q-1;;. The van der Waals surface area contributed by atoms with Crippen LogP contribution in [0.5, 0.6) is 0 Å². The number of carbonyl (C=O) groups is 1. The largest absolute Gasteiger partial charge is 0.477 e. The second-order valence-corrected chi connectivity index (χ2v) is 10.7. The summed E-state index contributed by atoms with van der Waals surface area (Å²) in [5.41, 5.74) is 11.4. The van der Waals surface area contributed by atoms with Gasteiger partial charge in [0.05, 0.1) is 11.0 Å². The summed E-state index contributed by atoms with van der Waals surface area (Å²) in [5.74, 6) is -0.995. The van der Waals surface area contributed by atoms with E-state index in [-0.39, 0.29) is 25.8 Å². The number of rotatable bonds is 2. The summed E-state index contributed by atoms with van der Waals surface area (Å²) >= 11 is 0. The van der Waals surface area contributed by atoms with Crippen LogP contribution < -0.4 is 0 Å². The van der Waals surface area contributed by atoms with Crippen molar-refractivity contribution in [2.45, 2.75) is 0 Å². The molecule has 1 radical (unpaired) electrons. The van der Waals surface area contributed by atoms with E-state index in [9.17, 15) is 4.79 Å². The van der Waals surface area contributed by atoms with E-state index < -0.39 is 5.97 Å². The Kier molecular flexibility index (Phi) is 6.81. The third-order valence-electron chi connectivity index (χ3n) is 8.28. The number of carboxylic acid groups (broad SMARTS) is 1. The maximum atomic E-state index is 10.6. The van der Waals surface area contributed by atoms with Crippen molar-refractivity contribution in [1.82, 2.24) is 14.5 Å². The smallest absolute Gasteiger partial charge is 0.354 e. The molecule has 3 heterocycles. The van der Waals surface area contributed by atoms with E-state index in [1.54, 1.807) is 12.1 Å². The average molecular weight is 747 g/mol. The van der Waals surface area contributed by atoms with Gasteiger partial charge < -0.3 is 9.67 Å². The van der Waals surface area contributed by atoms with Gasteiger partial charge in [-0.15, -0.1) is 23.8 Å². The molecule has 0 unspecified atom stereocenters. The molecule has 0 bridgehead atoms. The van der Waals surface area contributed by atoms with E-state index in [1.807, 2.05) is 18.2 Å². The minimum absolute atomic E-state index is 0. The molecule has 1 aliphatic rings. The van der Waals surface area contributed by atoms with Crippen LogP contribution in [0.3, 0.4) is 0 Å². The summed E-state index contributed by atoms with van der Waals surface area (Å²) in [5, 5.41) is 13.4. The number of benzene rings is 5. The zero-order valence-corrected chi connectivity index (χ0v) is 26.0. The van der Waals surface area contributed by atoms with Crippen molar-refractivity contribution in [3.8, 4) is 33.5 Å². The summed E-state index contributed by atoms with van der Waals surface area (Å²) in [6.07, 6.45) is 0. The van der Waals surface area contributed by atoms with Gasteiger partial charge in [0.15, 0.2) is 0 Å². The van der Waals surface area contributed by atoms with Crippen molar-refractivity contribution in [3.05, 3.63) is 133 Å². The normalized spacial score (nSPS) is 11.3. The van der Waals surface area contributed by atoms with E-state index in [0.717, 1.165) is 22.2 Å². The number of aromatic nitrogens is 3. The molecule has 1 aliphatic carbocycles. The predicted octanol–water partition coefficient (Wildman–Crippen LogP) is 8.92. The van der Waals surface area contributed by atoms with Gasteiger partial charge in [-0.1, -0.05) is 90.3 Å². The molecule has 44 heavy (non-hydrogen) atoms. The minimum Gasteiger partial charge on any atom is -0.477 e. The Morgan fingerprint density at radius 3 is 2.23 bits per heavy atom. The van der Waals surface area contributed by atoms with Gasteiger partial charge in [-0.3, -0.25) is 4.98 Å². The number of fused-ring (bicyclic) bond motifs is 7. The molecule has 9 rings (SSSR count). The monoisotopic (exact) mass is 747 g/mol. The maximum Gasteiger partial charge on any atom is 0.354 e. The fourth-order valence-electron chi connectivity index (χ4n) is 6.25. The number of nitrogens with zero attached hydrogens (tertiary/aromatic N) is 3. The number of aromatic carboxylic acids is 1. The Morgan fingerprint density at radius 1 is 0.682 bits per heavy atom. The molecule has 6 heteroatoms. The van der Waals surface area contributed by atoms with Crippen LogP contribution >= 0.6 is 0 Å². The van der Waals surface area contributed by atoms with Crippen molar-refractivity contribution >= 4 is 49.6 Å². The Hall–Kier alpha value is -5.16. The molecule has 3 aromatic heterocycles. The molecule has 0 atom stereocenters. The summed E-state index contributed by atoms with van der Waals surface area (Å²) in [6.45, 7) is 0. The first-order chi connectivity index (χ1) is 21.1. The minimum atomic E-state index is -0.995. The maximum absolute atomic E-state index is 10.6. The van der Waals surface area contributed by atoms with Crippen LogP contribution in [0.1, 0.15) is 10.5 Å². The SMILES string of the molecule is Cn1c2c[c-]c(-c3cc4c5c(cccc5n3)-c3ccccc3-4)cc2c2ccccc21.O=C(O)c1ccc2ccccc2n1.[Ir]. The van der Waals surface area contributed by atoms with Crippen LogP contribution in [0.2, 0.25) is 0 Å². The Balaban J connectivity index is 0.000000189. The number of hydrogen-bond acceptors (Lipinski definition) is 3. The van der Waals surface area contributed by atoms with Gasteiger partial charge in [-0.25, -0.2) is 9.78 Å². The Morgan fingerprint density at radius 2 is 1.39 bits per heavy atom. The van der Waals surface area contributed by atoms with E-state index in [2.05, 4.69) is 108 Å². The zero-order chi connectivity index (χ0) is 29.1. The zero-order valence-electron chi connectivity index (χ0n) is 23.6. The van der Waals surface area contributed by atoms with Crippen LogP contribution in [0, 0.1) is 6.07 Å². The van der Waals surface area contributed by atoms with Gasteiger partial charge in [0.2, 0.25) is 0 Å². The van der Waals surface area contributed by atoms with Crippen LogP contribution in [0.25, 0.3) is 77.1 Å². The molecule has 0 saturated heterocycles. The molecular formula is C38H24IrN3O2-. The number of aryl methyl sites for hydroxylation is 1. The first-order valence-corrected chi connectivity index (χ1v) is 14.1. The molecule has 1 N–H and O–H groups in total. The third-order valence-corrected chi connectivity index (χ3v) is 8.28. The van der Waals surface area contributed by atoms with Crippen molar-refractivity contribution < 1.29 is 30.0 Å². The van der Waals surface area contributed by atoms with Gasteiger partial charge in [0.1, 0.15) is 5.69 Å². The molecule has 0 fully saturated rings. The molecule has 8 aromatic rings. The van der Waals surface area contributed by atoms with Crippen molar-refractivity contribution in [1.29, 1.82) is 0 Å². The van der Waals surface area contributed by atoms with Crippen LogP contribution in [-0.2, 0) is 27.2 Å². The van der Waals surface area contributed by atoms with Gasteiger partial charge in [-0.05, 0) is 63.1 Å². The van der Waals surface area contributed by atoms with Gasteiger partial charge in [0.25, 0.3) is 0 Å². The first kappa shape index (κ1) is 27.7. The summed E-state index contributed by atoms with van der Waals surface area (Å²) in [7, 11) is 2.12. The fourth-order valence-corrected chi connectivity index (χ4v) is 6.25. The first-order valence-electron chi connectivity index (χ1n) is 14.1. The van der Waals surface area contributed by atoms with E-state index >= 15 is 0 Å². The van der Waals surface area contributed by atoms with Crippen molar-refractivity contribution in [2.24, 2.45) is 7.05 Å². The van der Waals surface area contributed by atoms with Crippen molar-refractivity contribution in [3.63, 3.8) is 0 Å². The number of carboxylic acids is 1. The average Bonchev–Trinajstić information content (AvgIpc) is 3.54. The van der Waals surface area contributed by atoms with Crippen LogP contribution in [0.15, 0.2) is 121 Å². The second kappa shape index (κ2) is 10.8. The molecule has 0 saturated carbocycles. The molecule has 5 aromatic carbocycles.